The number of hydrogen-bond acceptors (Lipinski definition) is 3. The van der Waals surface area contributed by atoms with Gasteiger partial charge in [-0.2, -0.15) is 0 Å². The fourth-order valence-corrected chi connectivity index (χ4v) is 2.35. The summed E-state index contributed by atoms with van der Waals surface area (Å²) >= 11 is 0. The van der Waals surface area contributed by atoms with Crippen molar-refractivity contribution in [1.29, 1.82) is 0 Å². The van der Waals surface area contributed by atoms with Gasteiger partial charge in [-0.15, -0.1) is 4.91 Å². The van der Waals surface area contributed by atoms with Crippen LogP contribution < -0.4 is 0 Å². The molecule has 0 saturated heterocycles. The highest BCUT2D eigenvalue weighted by Crippen LogP contribution is 2.33. The molecule has 0 spiro atoms. The molecule has 0 fully saturated rings. The van der Waals surface area contributed by atoms with E-state index in [1.54, 1.807) is 0 Å². The summed E-state index contributed by atoms with van der Waals surface area (Å²) in [7, 11) is 0. The zero-order valence-corrected chi connectivity index (χ0v) is 11.1. The van der Waals surface area contributed by atoms with Crippen molar-refractivity contribution in [3.8, 4) is 11.3 Å². The summed E-state index contributed by atoms with van der Waals surface area (Å²) < 4.78 is 14.7. The fourth-order valence-electron chi connectivity index (χ4n) is 2.35. The number of halogens is 1. The minimum atomic E-state index is -0.438. The summed E-state index contributed by atoms with van der Waals surface area (Å²) in [6.45, 7) is 3.94. The molecule has 5 heteroatoms. The fraction of sp³-hybridized carbons (Fsp3) is 0.133. The van der Waals surface area contributed by atoms with Crippen LogP contribution in [0.3, 0.4) is 0 Å². The van der Waals surface area contributed by atoms with Crippen LogP contribution in [-0.4, -0.2) is 9.38 Å². The molecule has 0 aliphatic carbocycles. The predicted octanol–water partition coefficient (Wildman–Crippen LogP) is 4.16. The maximum absolute atomic E-state index is 13.3. The van der Waals surface area contributed by atoms with Gasteiger partial charge in [0, 0.05) is 11.8 Å². The van der Waals surface area contributed by atoms with Crippen LogP contribution in [0.5, 0.6) is 0 Å². The van der Waals surface area contributed by atoms with Crippen LogP contribution in [0.4, 0.5) is 10.2 Å². The maximum Gasteiger partial charge on any atom is 0.209 e. The molecule has 1 aromatic carbocycles. The van der Waals surface area contributed by atoms with E-state index < -0.39 is 5.82 Å². The lowest BCUT2D eigenvalue weighted by Gasteiger charge is -2.04. The summed E-state index contributed by atoms with van der Waals surface area (Å²) in [5.74, 6) is -0.321. The molecule has 3 rings (SSSR count). The van der Waals surface area contributed by atoms with Crippen LogP contribution in [0.1, 0.15) is 11.1 Å². The van der Waals surface area contributed by atoms with E-state index in [0.29, 0.717) is 11.3 Å². The second-order valence-corrected chi connectivity index (χ2v) is 4.77. The smallest absolute Gasteiger partial charge is 0.209 e. The van der Waals surface area contributed by atoms with Gasteiger partial charge in [-0.05, 0) is 36.7 Å². The molecule has 0 aliphatic heterocycles. The lowest BCUT2D eigenvalue weighted by molar-refractivity contribution is 0.619. The molecule has 0 radical (unpaired) electrons. The largest absolute Gasteiger partial charge is 0.278 e. The van der Waals surface area contributed by atoms with E-state index in [4.69, 9.17) is 0 Å². The molecule has 0 amide bonds. The summed E-state index contributed by atoms with van der Waals surface area (Å²) in [6.07, 6.45) is 1.21. The number of hydrogen-bond donors (Lipinski definition) is 0. The summed E-state index contributed by atoms with van der Waals surface area (Å²) in [5.41, 5.74) is 3.92. The van der Waals surface area contributed by atoms with E-state index in [0.717, 1.165) is 16.7 Å². The van der Waals surface area contributed by atoms with Crippen LogP contribution in [-0.2, 0) is 0 Å². The number of fused-ring (bicyclic) bond motifs is 1. The molecular formula is C15H12FN3O. The molecule has 4 nitrogen and oxygen atoms in total. The van der Waals surface area contributed by atoms with Crippen molar-refractivity contribution in [3.05, 3.63) is 58.4 Å². The first-order chi connectivity index (χ1) is 9.60. The van der Waals surface area contributed by atoms with Crippen LogP contribution in [0.25, 0.3) is 16.9 Å². The molecule has 2 heterocycles. The van der Waals surface area contributed by atoms with Crippen LogP contribution >= 0.6 is 0 Å². The number of aryl methyl sites for hydroxylation is 2. The average molecular weight is 269 g/mol. The Morgan fingerprint density at radius 3 is 2.70 bits per heavy atom. The molecular weight excluding hydrogens is 257 g/mol. The predicted molar refractivity (Wildman–Crippen MR) is 75.5 cm³/mol. The number of imidazole rings is 1. The van der Waals surface area contributed by atoms with Gasteiger partial charge in [0.2, 0.25) is 5.82 Å². The molecule has 0 aliphatic rings. The lowest BCUT2D eigenvalue weighted by atomic mass is 10.0. The van der Waals surface area contributed by atoms with Crippen molar-refractivity contribution in [2.75, 3.05) is 0 Å². The molecule has 0 bridgehead atoms. The Hall–Kier alpha value is -2.56. The first-order valence-corrected chi connectivity index (χ1v) is 6.19. The Kier molecular flexibility index (Phi) is 2.82. The Balaban J connectivity index is 2.33. The second-order valence-electron chi connectivity index (χ2n) is 4.77. The molecule has 3 aromatic rings. The Morgan fingerprint density at radius 2 is 2.00 bits per heavy atom. The first kappa shape index (κ1) is 12.5. The van der Waals surface area contributed by atoms with Crippen LogP contribution in [0.15, 0.2) is 41.7 Å². The third-order valence-corrected chi connectivity index (χ3v) is 3.28. The summed E-state index contributed by atoms with van der Waals surface area (Å²) in [5, 5.41) is 3.02. The molecule has 0 N–H and O–H groups in total. The zero-order valence-electron chi connectivity index (χ0n) is 11.1. The highest BCUT2D eigenvalue weighted by molar-refractivity contribution is 5.76. The monoisotopic (exact) mass is 269 g/mol. The number of aromatic nitrogens is 2. The highest BCUT2D eigenvalue weighted by Gasteiger charge is 2.16. The van der Waals surface area contributed by atoms with E-state index in [1.165, 1.54) is 22.7 Å². The van der Waals surface area contributed by atoms with Crippen molar-refractivity contribution >= 4 is 11.5 Å². The Bertz CT molecular complexity index is 823. The zero-order chi connectivity index (χ0) is 14.3. The minimum absolute atomic E-state index is 0.117. The van der Waals surface area contributed by atoms with Gasteiger partial charge in [-0.25, -0.2) is 9.37 Å². The van der Waals surface area contributed by atoms with Gasteiger partial charge in [-0.1, -0.05) is 23.8 Å². The number of benzene rings is 1. The molecule has 20 heavy (non-hydrogen) atoms. The van der Waals surface area contributed by atoms with Gasteiger partial charge in [0.25, 0.3) is 0 Å². The van der Waals surface area contributed by atoms with E-state index in [1.807, 2.05) is 32.0 Å². The quantitative estimate of drug-likeness (QED) is 0.656. The van der Waals surface area contributed by atoms with E-state index >= 15 is 0 Å². The standard InChI is InChI=1S/C15H12FN3O/c1-9-3-5-12(10(2)7-9)14-15(18-20)19-8-11(16)4-6-13(19)17-14/h3-8H,1-2H3. The number of nitrogens with zero attached hydrogens (tertiary/aromatic N) is 3. The first-order valence-electron chi connectivity index (χ1n) is 6.19. The van der Waals surface area contributed by atoms with Gasteiger partial charge in [0.05, 0.1) is 0 Å². The maximum atomic E-state index is 13.3. The van der Waals surface area contributed by atoms with Crippen molar-refractivity contribution in [2.24, 2.45) is 5.18 Å². The number of pyridine rings is 1. The Morgan fingerprint density at radius 1 is 1.20 bits per heavy atom. The SMILES string of the molecule is Cc1ccc(-c2nc3ccc(F)cn3c2N=O)c(C)c1. The number of nitroso groups, excluding NO2 is 1. The summed E-state index contributed by atoms with van der Waals surface area (Å²) in [6, 6.07) is 8.69. The topological polar surface area (TPSA) is 46.7 Å². The molecule has 0 atom stereocenters. The van der Waals surface area contributed by atoms with Crippen molar-refractivity contribution in [1.82, 2.24) is 9.38 Å². The van der Waals surface area contributed by atoms with Gasteiger partial charge in [-0.3, -0.25) is 4.40 Å². The third-order valence-electron chi connectivity index (χ3n) is 3.28. The van der Waals surface area contributed by atoms with E-state index in [2.05, 4.69) is 10.2 Å². The summed E-state index contributed by atoms with van der Waals surface area (Å²) in [4.78, 5) is 15.5. The minimum Gasteiger partial charge on any atom is -0.278 e. The van der Waals surface area contributed by atoms with Gasteiger partial charge in [0.15, 0.2) is 0 Å². The highest BCUT2D eigenvalue weighted by atomic mass is 19.1. The molecule has 100 valence electrons. The van der Waals surface area contributed by atoms with Crippen LogP contribution in [0, 0.1) is 24.6 Å². The molecule has 0 unspecified atom stereocenters. The Labute approximate surface area is 114 Å². The van der Waals surface area contributed by atoms with E-state index in [9.17, 15) is 9.30 Å². The molecule has 2 aromatic heterocycles. The van der Waals surface area contributed by atoms with Crippen LogP contribution in [0.2, 0.25) is 0 Å². The number of rotatable bonds is 2. The van der Waals surface area contributed by atoms with Crippen molar-refractivity contribution in [2.45, 2.75) is 13.8 Å². The normalized spacial score (nSPS) is 10.9. The van der Waals surface area contributed by atoms with Gasteiger partial charge >= 0.3 is 0 Å². The lowest BCUT2D eigenvalue weighted by Crippen LogP contribution is -1.86. The average Bonchev–Trinajstić information content (AvgIpc) is 2.76. The van der Waals surface area contributed by atoms with Crippen molar-refractivity contribution < 1.29 is 4.39 Å². The van der Waals surface area contributed by atoms with Gasteiger partial charge < -0.3 is 0 Å². The van der Waals surface area contributed by atoms with Crippen molar-refractivity contribution in [3.63, 3.8) is 0 Å². The third kappa shape index (κ3) is 1.87. The molecule has 0 saturated carbocycles. The van der Waals surface area contributed by atoms with E-state index in [-0.39, 0.29) is 5.82 Å². The second kappa shape index (κ2) is 4.52. The van der Waals surface area contributed by atoms with Gasteiger partial charge in [0.1, 0.15) is 17.2 Å².